The second-order valence-corrected chi connectivity index (χ2v) is 2.95. The van der Waals surface area contributed by atoms with E-state index in [0.29, 0.717) is 6.54 Å². The third-order valence-corrected chi connectivity index (χ3v) is 1.80. The Hall–Kier alpha value is -1.79. The molecule has 0 spiro atoms. The summed E-state index contributed by atoms with van der Waals surface area (Å²) in [7, 11) is 1.48. The van der Waals surface area contributed by atoms with Crippen LogP contribution in [-0.4, -0.2) is 52.7 Å². The number of amides is 2. The predicted molar refractivity (Wildman–Crippen MR) is 50.5 cm³/mol. The summed E-state index contributed by atoms with van der Waals surface area (Å²) in [5, 5.41) is 19.1. The van der Waals surface area contributed by atoms with Gasteiger partial charge in [0.2, 0.25) is 0 Å². The summed E-state index contributed by atoms with van der Waals surface area (Å²) < 4.78 is 0. The Morgan fingerprint density at radius 2 is 1.87 bits per heavy atom. The van der Waals surface area contributed by atoms with Gasteiger partial charge in [0, 0.05) is 13.6 Å². The Morgan fingerprint density at radius 1 is 1.33 bits per heavy atom. The summed E-state index contributed by atoms with van der Waals surface area (Å²) in [5.41, 5.74) is 0. The van der Waals surface area contributed by atoms with Gasteiger partial charge < -0.3 is 20.4 Å². The number of hydrogen-bond donors (Lipinski definition) is 3. The van der Waals surface area contributed by atoms with E-state index < -0.39 is 30.4 Å². The summed E-state index contributed by atoms with van der Waals surface area (Å²) >= 11 is 0. The van der Waals surface area contributed by atoms with E-state index in [9.17, 15) is 14.4 Å². The highest BCUT2D eigenvalue weighted by Gasteiger charge is 2.23. The van der Waals surface area contributed by atoms with Gasteiger partial charge in [-0.2, -0.15) is 0 Å². The first-order valence-electron chi connectivity index (χ1n) is 4.34. The largest absolute Gasteiger partial charge is 0.481 e. The zero-order chi connectivity index (χ0) is 12.0. The van der Waals surface area contributed by atoms with Crippen molar-refractivity contribution in [3.63, 3.8) is 0 Å². The molecule has 0 bridgehead atoms. The van der Waals surface area contributed by atoms with Gasteiger partial charge in [0.1, 0.15) is 6.04 Å². The molecular formula is C8H14N2O5. The molecule has 0 rings (SSSR count). The number of hydrogen-bond acceptors (Lipinski definition) is 3. The van der Waals surface area contributed by atoms with Crippen LogP contribution in [-0.2, 0) is 9.59 Å². The number of urea groups is 1. The molecule has 2 amide bonds. The van der Waals surface area contributed by atoms with Gasteiger partial charge in [-0.3, -0.25) is 4.79 Å². The molecule has 0 unspecified atom stereocenters. The van der Waals surface area contributed by atoms with Crippen molar-refractivity contribution in [2.24, 2.45) is 0 Å². The highest BCUT2D eigenvalue weighted by molar-refractivity contribution is 5.86. The van der Waals surface area contributed by atoms with E-state index >= 15 is 0 Å². The van der Waals surface area contributed by atoms with E-state index in [-0.39, 0.29) is 0 Å². The zero-order valence-electron chi connectivity index (χ0n) is 8.56. The van der Waals surface area contributed by atoms with E-state index in [2.05, 4.69) is 5.32 Å². The fourth-order valence-electron chi connectivity index (χ4n) is 0.778. The lowest BCUT2D eigenvalue weighted by Crippen LogP contribution is -2.47. The van der Waals surface area contributed by atoms with Crippen molar-refractivity contribution in [2.75, 3.05) is 13.6 Å². The zero-order valence-corrected chi connectivity index (χ0v) is 8.56. The number of nitrogens with one attached hydrogen (secondary N) is 1. The molecule has 7 heteroatoms. The normalized spacial score (nSPS) is 11.6. The number of carbonyl (C=O) groups is 3. The molecular weight excluding hydrogens is 204 g/mol. The first kappa shape index (κ1) is 13.2. The quantitative estimate of drug-likeness (QED) is 0.580. The minimum absolute atomic E-state index is 0.408. The van der Waals surface area contributed by atoms with Crippen LogP contribution < -0.4 is 5.32 Å². The highest BCUT2D eigenvalue weighted by atomic mass is 16.4. The molecule has 15 heavy (non-hydrogen) atoms. The maximum absolute atomic E-state index is 11.2. The Morgan fingerprint density at radius 3 is 2.20 bits per heavy atom. The first-order valence-corrected chi connectivity index (χ1v) is 4.34. The van der Waals surface area contributed by atoms with Crippen LogP contribution in [0.15, 0.2) is 0 Å². The Bertz CT molecular complexity index is 266. The monoisotopic (exact) mass is 218 g/mol. The maximum atomic E-state index is 11.2. The molecule has 0 aromatic heterocycles. The molecule has 1 atom stereocenters. The molecule has 7 nitrogen and oxygen atoms in total. The lowest BCUT2D eigenvalue weighted by atomic mass is 10.2. The van der Waals surface area contributed by atoms with Crippen LogP contribution in [0.1, 0.15) is 13.3 Å². The van der Waals surface area contributed by atoms with Gasteiger partial charge in [0.25, 0.3) is 0 Å². The van der Waals surface area contributed by atoms with E-state index in [1.54, 1.807) is 6.92 Å². The van der Waals surface area contributed by atoms with Crippen molar-refractivity contribution < 1.29 is 24.6 Å². The third-order valence-electron chi connectivity index (χ3n) is 1.80. The van der Waals surface area contributed by atoms with Crippen molar-refractivity contribution in [1.82, 2.24) is 10.2 Å². The first-order chi connectivity index (χ1) is 6.88. The fourth-order valence-corrected chi connectivity index (χ4v) is 0.778. The molecule has 0 saturated carbocycles. The topological polar surface area (TPSA) is 107 Å². The summed E-state index contributed by atoms with van der Waals surface area (Å²) in [4.78, 5) is 33.4. The van der Waals surface area contributed by atoms with E-state index in [4.69, 9.17) is 10.2 Å². The molecule has 3 N–H and O–H groups in total. The third kappa shape index (κ3) is 4.84. The number of nitrogens with zero attached hydrogens (tertiary/aromatic N) is 1. The molecule has 86 valence electrons. The molecule has 0 aliphatic heterocycles. The molecule has 0 aromatic rings. The van der Waals surface area contributed by atoms with Crippen LogP contribution in [0.3, 0.4) is 0 Å². The molecule has 0 aliphatic rings. The number of rotatable bonds is 5. The second-order valence-electron chi connectivity index (χ2n) is 2.95. The van der Waals surface area contributed by atoms with Gasteiger partial charge in [-0.15, -0.1) is 0 Å². The molecule has 0 radical (unpaired) electrons. The van der Waals surface area contributed by atoms with E-state index in [0.717, 1.165) is 0 Å². The summed E-state index contributed by atoms with van der Waals surface area (Å²) in [6, 6.07) is -2.00. The van der Waals surface area contributed by atoms with Gasteiger partial charge in [0.05, 0.1) is 6.42 Å². The summed E-state index contributed by atoms with van der Waals surface area (Å²) in [6.07, 6.45) is -0.640. The van der Waals surface area contributed by atoms with Crippen LogP contribution in [0.2, 0.25) is 0 Å². The predicted octanol–water partition coefficient (Wildman–Crippen LogP) is -0.424. The number of carboxylic acid groups (broad SMARTS) is 2. The van der Waals surface area contributed by atoms with Gasteiger partial charge in [-0.1, -0.05) is 0 Å². The fraction of sp³-hybridized carbons (Fsp3) is 0.625. The van der Waals surface area contributed by atoms with Gasteiger partial charge in [-0.05, 0) is 6.92 Å². The van der Waals surface area contributed by atoms with Crippen LogP contribution in [0, 0.1) is 0 Å². The number of carboxylic acids is 2. The van der Waals surface area contributed by atoms with Crippen molar-refractivity contribution in [3.8, 4) is 0 Å². The minimum Gasteiger partial charge on any atom is -0.481 e. The second kappa shape index (κ2) is 5.84. The summed E-state index contributed by atoms with van der Waals surface area (Å²) in [5.74, 6) is -2.64. The smallest absolute Gasteiger partial charge is 0.326 e. The van der Waals surface area contributed by atoms with Crippen LogP contribution in [0.5, 0.6) is 0 Å². The van der Waals surface area contributed by atoms with E-state index in [1.165, 1.54) is 11.9 Å². The molecule has 0 fully saturated rings. The molecule has 0 saturated heterocycles. The van der Waals surface area contributed by atoms with Crippen molar-refractivity contribution >= 4 is 18.0 Å². The highest BCUT2D eigenvalue weighted by Crippen LogP contribution is 1.94. The average Bonchev–Trinajstić information content (AvgIpc) is 2.14. The SMILES string of the molecule is CCN(C)C(=O)N[C@H](CC(=O)O)C(=O)O. The number of aliphatic carboxylic acids is 2. The van der Waals surface area contributed by atoms with Crippen LogP contribution in [0.4, 0.5) is 4.79 Å². The van der Waals surface area contributed by atoms with Crippen molar-refractivity contribution in [2.45, 2.75) is 19.4 Å². The lowest BCUT2D eigenvalue weighted by Gasteiger charge is -2.18. The Kier molecular flexibility index (Phi) is 5.14. The van der Waals surface area contributed by atoms with Gasteiger partial charge in [-0.25, -0.2) is 9.59 Å². The molecule has 0 heterocycles. The van der Waals surface area contributed by atoms with Gasteiger partial charge >= 0.3 is 18.0 Å². The van der Waals surface area contributed by atoms with Crippen LogP contribution >= 0.6 is 0 Å². The standard InChI is InChI=1S/C8H14N2O5/c1-3-10(2)8(15)9-5(7(13)14)4-6(11)12/h5H,3-4H2,1-2H3,(H,9,15)(H,11,12)(H,13,14)/t5-/m1/s1. The number of carbonyl (C=O) groups excluding carboxylic acids is 1. The van der Waals surface area contributed by atoms with Crippen molar-refractivity contribution in [3.05, 3.63) is 0 Å². The van der Waals surface area contributed by atoms with Crippen LogP contribution in [0.25, 0.3) is 0 Å². The molecule has 0 aromatic carbocycles. The van der Waals surface area contributed by atoms with E-state index in [1.807, 2.05) is 0 Å². The lowest BCUT2D eigenvalue weighted by molar-refractivity contribution is -0.145. The summed E-state index contributed by atoms with van der Waals surface area (Å²) in [6.45, 7) is 2.12. The molecule has 0 aliphatic carbocycles. The minimum atomic E-state index is -1.40. The Labute approximate surface area is 86.7 Å². The van der Waals surface area contributed by atoms with Crippen molar-refractivity contribution in [1.29, 1.82) is 0 Å². The maximum Gasteiger partial charge on any atom is 0.326 e. The Balaban J connectivity index is 4.35. The van der Waals surface area contributed by atoms with Gasteiger partial charge in [0.15, 0.2) is 0 Å². The average molecular weight is 218 g/mol.